The lowest BCUT2D eigenvalue weighted by Gasteiger charge is -2.10. The second-order valence-corrected chi connectivity index (χ2v) is 4.37. The Balaban J connectivity index is 2.14. The van der Waals surface area contributed by atoms with Crippen molar-refractivity contribution in [3.8, 4) is 0 Å². The van der Waals surface area contributed by atoms with Crippen LogP contribution in [0.3, 0.4) is 0 Å². The van der Waals surface area contributed by atoms with Crippen molar-refractivity contribution in [2.75, 3.05) is 10.6 Å². The van der Waals surface area contributed by atoms with E-state index in [4.69, 9.17) is 5.11 Å². The summed E-state index contributed by atoms with van der Waals surface area (Å²) in [6.45, 7) is 3.63. The Hall–Kier alpha value is -2.96. The Bertz CT molecular complexity index is 700. The number of hydrogen-bond donors (Lipinski definition) is 3. The molecule has 7 heteroatoms. The lowest BCUT2D eigenvalue weighted by atomic mass is 10.2. The maximum absolute atomic E-state index is 11.9. The van der Waals surface area contributed by atoms with Crippen LogP contribution in [-0.4, -0.2) is 27.1 Å². The first-order chi connectivity index (χ1) is 9.97. The number of carboxylic acids is 1. The van der Waals surface area contributed by atoms with Crippen molar-refractivity contribution in [3.63, 3.8) is 0 Å². The minimum absolute atomic E-state index is 0.125. The first kappa shape index (κ1) is 14.4. The molecule has 108 valence electrons. The fraction of sp³-hybridized carbons (Fsp3) is 0.143. The number of carbonyl (C=O) groups excluding carboxylic acids is 1. The van der Waals surface area contributed by atoms with Gasteiger partial charge in [-0.3, -0.25) is 4.98 Å². The number of aryl methyl sites for hydroxylation is 2. The highest BCUT2D eigenvalue weighted by Crippen LogP contribution is 2.15. The number of aromatic nitrogens is 2. The molecule has 3 N–H and O–H groups in total. The molecule has 2 amide bonds. The third kappa shape index (κ3) is 3.53. The topological polar surface area (TPSA) is 104 Å². The molecule has 2 rings (SSSR count). The van der Waals surface area contributed by atoms with E-state index in [0.29, 0.717) is 11.4 Å². The van der Waals surface area contributed by atoms with E-state index >= 15 is 0 Å². The van der Waals surface area contributed by atoms with Crippen molar-refractivity contribution >= 4 is 23.4 Å². The molecule has 0 spiro atoms. The quantitative estimate of drug-likeness (QED) is 0.803. The highest BCUT2D eigenvalue weighted by atomic mass is 16.4. The van der Waals surface area contributed by atoms with Crippen molar-refractivity contribution in [2.24, 2.45) is 0 Å². The zero-order chi connectivity index (χ0) is 15.4. The van der Waals surface area contributed by atoms with Gasteiger partial charge in [-0.15, -0.1) is 0 Å². The first-order valence-corrected chi connectivity index (χ1v) is 6.18. The second-order valence-electron chi connectivity index (χ2n) is 4.37. The predicted octanol–water partition coefficient (Wildman–Crippen LogP) is 2.44. The van der Waals surface area contributed by atoms with Crippen molar-refractivity contribution in [3.05, 3.63) is 47.5 Å². The van der Waals surface area contributed by atoms with Crippen LogP contribution in [0.4, 0.5) is 16.2 Å². The number of nitrogens with zero attached hydrogens (tertiary/aromatic N) is 2. The second kappa shape index (κ2) is 6.00. The molecule has 0 saturated carbocycles. The van der Waals surface area contributed by atoms with Crippen LogP contribution in [0.2, 0.25) is 0 Å². The van der Waals surface area contributed by atoms with Gasteiger partial charge in [-0.25, -0.2) is 14.6 Å². The van der Waals surface area contributed by atoms with Gasteiger partial charge in [0, 0.05) is 11.9 Å². The van der Waals surface area contributed by atoms with E-state index in [9.17, 15) is 9.59 Å². The largest absolute Gasteiger partial charge is 0.476 e. The van der Waals surface area contributed by atoms with Gasteiger partial charge < -0.3 is 15.7 Å². The van der Waals surface area contributed by atoms with Crippen molar-refractivity contribution in [2.45, 2.75) is 13.8 Å². The molecule has 0 unspecified atom stereocenters. The minimum Gasteiger partial charge on any atom is -0.476 e. The Labute approximate surface area is 121 Å². The molecule has 0 bridgehead atoms. The van der Waals surface area contributed by atoms with Gasteiger partial charge in [0.1, 0.15) is 0 Å². The first-order valence-electron chi connectivity index (χ1n) is 6.18. The molecule has 0 fully saturated rings. The van der Waals surface area contributed by atoms with Crippen LogP contribution in [0.25, 0.3) is 0 Å². The smallest absolute Gasteiger partial charge is 0.356 e. The van der Waals surface area contributed by atoms with Gasteiger partial charge in [0.2, 0.25) is 0 Å². The predicted molar refractivity (Wildman–Crippen MR) is 77.5 cm³/mol. The molecule has 0 aliphatic rings. The number of pyridine rings is 2. The summed E-state index contributed by atoms with van der Waals surface area (Å²) >= 11 is 0. The van der Waals surface area contributed by atoms with Gasteiger partial charge in [-0.05, 0) is 38.1 Å². The summed E-state index contributed by atoms with van der Waals surface area (Å²) in [6, 6.07) is 5.96. The van der Waals surface area contributed by atoms with E-state index in [1.165, 1.54) is 12.3 Å². The summed E-state index contributed by atoms with van der Waals surface area (Å²) in [5, 5.41) is 14.1. The highest BCUT2D eigenvalue weighted by Gasteiger charge is 2.13. The minimum atomic E-state index is -1.21. The number of carboxylic acid groups (broad SMARTS) is 1. The normalized spacial score (nSPS) is 10.0. The lowest BCUT2D eigenvalue weighted by Crippen LogP contribution is -2.22. The van der Waals surface area contributed by atoms with Crippen molar-refractivity contribution < 1.29 is 14.7 Å². The Morgan fingerprint density at radius 3 is 2.48 bits per heavy atom. The standard InChI is InChI=1S/C14H14N4O3/c1-8-5-6-10(9(2)16-8)17-14(21)18-11-4-3-7-15-12(11)13(19)20/h3-7H,1-2H3,(H,19,20)(H2,17,18,21). The van der Waals surface area contributed by atoms with Gasteiger partial charge >= 0.3 is 12.0 Å². The molecule has 0 aliphatic heterocycles. The van der Waals surface area contributed by atoms with Gasteiger partial charge in [-0.2, -0.15) is 0 Å². The summed E-state index contributed by atoms with van der Waals surface area (Å²) in [5.41, 5.74) is 1.99. The van der Waals surface area contributed by atoms with Crippen LogP contribution in [0.5, 0.6) is 0 Å². The van der Waals surface area contributed by atoms with E-state index < -0.39 is 12.0 Å². The van der Waals surface area contributed by atoms with Gasteiger partial charge in [0.25, 0.3) is 0 Å². The van der Waals surface area contributed by atoms with E-state index in [0.717, 1.165) is 5.69 Å². The van der Waals surface area contributed by atoms with E-state index in [-0.39, 0.29) is 11.4 Å². The Morgan fingerprint density at radius 1 is 1.10 bits per heavy atom. The molecule has 2 aromatic heterocycles. The number of hydrogen-bond acceptors (Lipinski definition) is 4. The molecular formula is C14H14N4O3. The van der Waals surface area contributed by atoms with Crippen molar-refractivity contribution in [1.82, 2.24) is 9.97 Å². The third-order valence-electron chi connectivity index (χ3n) is 2.73. The molecule has 0 radical (unpaired) electrons. The number of nitrogens with one attached hydrogen (secondary N) is 2. The average Bonchev–Trinajstić information content (AvgIpc) is 2.42. The monoisotopic (exact) mass is 286 g/mol. The molecular weight excluding hydrogens is 272 g/mol. The molecule has 2 aromatic rings. The van der Waals surface area contributed by atoms with Crippen LogP contribution in [0.1, 0.15) is 21.9 Å². The number of rotatable bonds is 3. The maximum atomic E-state index is 11.9. The zero-order valence-electron chi connectivity index (χ0n) is 11.5. The molecule has 21 heavy (non-hydrogen) atoms. The summed E-state index contributed by atoms with van der Waals surface area (Å²) in [7, 11) is 0. The number of amides is 2. The van der Waals surface area contributed by atoms with E-state index in [1.54, 1.807) is 25.1 Å². The number of anilines is 2. The van der Waals surface area contributed by atoms with Crippen LogP contribution in [-0.2, 0) is 0 Å². The fourth-order valence-electron chi connectivity index (χ4n) is 1.77. The van der Waals surface area contributed by atoms with Gasteiger partial charge in [0.15, 0.2) is 5.69 Å². The van der Waals surface area contributed by atoms with Crippen LogP contribution in [0, 0.1) is 13.8 Å². The molecule has 0 atom stereocenters. The molecule has 2 heterocycles. The van der Waals surface area contributed by atoms with Gasteiger partial charge in [-0.1, -0.05) is 0 Å². The summed E-state index contributed by atoms with van der Waals surface area (Å²) in [6.07, 6.45) is 1.35. The third-order valence-corrected chi connectivity index (χ3v) is 2.73. The van der Waals surface area contributed by atoms with Crippen molar-refractivity contribution in [1.29, 1.82) is 0 Å². The lowest BCUT2D eigenvalue weighted by molar-refractivity contribution is 0.0691. The molecule has 0 aromatic carbocycles. The van der Waals surface area contributed by atoms with Crippen LogP contribution < -0.4 is 10.6 Å². The maximum Gasteiger partial charge on any atom is 0.356 e. The Kier molecular flexibility index (Phi) is 4.13. The molecule has 0 saturated heterocycles. The highest BCUT2D eigenvalue weighted by molar-refractivity contribution is 6.03. The van der Waals surface area contributed by atoms with E-state index in [2.05, 4.69) is 20.6 Å². The summed E-state index contributed by atoms with van der Waals surface area (Å²) in [5.74, 6) is -1.21. The number of carbonyl (C=O) groups is 2. The number of urea groups is 1. The van der Waals surface area contributed by atoms with E-state index in [1.807, 2.05) is 6.92 Å². The molecule has 0 aliphatic carbocycles. The SMILES string of the molecule is Cc1ccc(NC(=O)Nc2cccnc2C(=O)O)c(C)n1. The average molecular weight is 286 g/mol. The zero-order valence-corrected chi connectivity index (χ0v) is 11.5. The van der Waals surface area contributed by atoms with Crippen LogP contribution in [0.15, 0.2) is 30.5 Å². The molecule has 7 nitrogen and oxygen atoms in total. The summed E-state index contributed by atoms with van der Waals surface area (Å²) < 4.78 is 0. The number of aromatic carboxylic acids is 1. The summed E-state index contributed by atoms with van der Waals surface area (Å²) in [4.78, 5) is 30.9. The fourth-order valence-corrected chi connectivity index (χ4v) is 1.77. The Morgan fingerprint density at radius 2 is 1.81 bits per heavy atom. The van der Waals surface area contributed by atoms with Gasteiger partial charge in [0.05, 0.1) is 17.1 Å². The van der Waals surface area contributed by atoms with Crippen LogP contribution >= 0.6 is 0 Å².